The predicted octanol–water partition coefficient (Wildman–Crippen LogP) is 3.88. The molecular formula is C16H19ClN2O. The molecule has 1 aromatic heterocycles. The third-order valence-corrected chi connectivity index (χ3v) is 3.21. The minimum atomic E-state index is -0.259. The molecule has 1 unspecified atom stereocenters. The summed E-state index contributed by atoms with van der Waals surface area (Å²) >= 11 is 6.09. The number of aromatic nitrogens is 1. The lowest BCUT2D eigenvalue weighted by Gasteiger charge is -2.14. The zero-order valence-electron chi connectivity index (χ0n) is 11.8. The molecule has 0 aliphatic carbocycles. The Hall–Kier alpha value is -1.58. The minimum absolute atomic E-state index is 0.259. The van der Waals surface area contributed by atoms with E-state index in [2.05, 4.69) is 11.9 Å². The monoisotopic (exact) mass is 290 g/mol. The van der Waals surface area contributed by atoms with Gasteiger partial charge in [-0.1, -0.05) is 24.6 Å². The fraction of sp³-hybridized carbons (Fsp3) is 0.312. The molecule has 0 saturated carbocycles. The Balaban J connectivity index is 2.25. The molecule has 1 atom stereocenters. The number of nitrogens with two attached hydrogens (primary N) is 1. The first kappa shape index (κ1) is 14.8. The van der Waals surface area contributed by atoms with Gasteiger partial charge in [-0.2, -0.15) is 0 Å². The van der Waals surface area contributed by atoms with Gasteiger partial charge in [0, 0.05) is 11.2 Å². The summed E-state index contributed by atoms with van der Waals surface area (Å²) in [4.78, 5) is 4.19. The zero-order valence-corrected chi connectivity index (χ0v) is 12.5. The zero-order chi connectivity index (χ0) is 14.5. The summed E-state index contributed by atoms with van der Waals surface area (Å²) in [5.74, 6) is 0.749. The number of pyridine rings is 1. The Kier molecular flexibility index (Phi) is 4.99. The summed E-state index contributed by atoms with van der Waals surface area (Å²) in [6, 6.07) is 7.51. The van der Waals surface area contributed by atoms with Crippen LogP contribution in [0.4, 0.5) is 0 Å². The Labute approximate surface area is 124 Å². The van der Waals surface area contributed by atoms with Gasteiger partial charge >= 0.3 is 0 Å². The van der Waals surface area contributed by atoms with Crippen LogP contribution >= 0.6 is 11.6 Å². The molecule has 2 aromatic rings. The molecule has 2 N–H and O–H groups in total. The molecular weight excluding hydrogens is 272 g/mol. The van der Waals surface area contributed by atoms with Gasteiger partial charge in [-0.05, 0) is 48.2 Å². The van der Waals surface area contributed by atoms with Crippen molar-refractivity contribution in [2.24, 2.45) is 5.73 Å². The van der Waals surface area contributed by atoms with Crippen LogP contribution < -0.4 is 10.5 Å². The van der Waals surface area contributed by atoms with E-state index < -0.39 is 0 Å². The van der Waals surface area contributed by atoms with Crippen molar-refractivity contribution in [1.29, 1.82) is 0 Å². The third kappa shape index (κ3) is 3.71. The first-order valence-corrected chi connectivity index (χ1v) is 7.08. The number of rotatable bonds is 5. The Morgan fingerprint density at radius 1 is 1.20 bits per heavy atom. The summed E-state index contributed by atoms with van der Waals surface area (Å²) in [5, 5.41) is 0.696. The molecule has 0 bridgehead atoms. The quantitative estimate of drug-likeness (QED) is 0.909. The summed E-state index contributed by atoms with van der Waals surface area (Å²) in [5.41, 5.74) is 9.28. The lowest BCUT2D eigenvalue weighted by atomic mass is 9.99. The smallest absolute Gasteiger partial charge is 0.137 e. The van der Waals surface area contributed by atoms with Crippen LogP contribution in [0.3, 0.4) is 0 Å². The fourth-order valence-corrected chi connectivity index (χ4v) is 2.34. The van der Waals surface area contributed by atoms with Crippen molar-refractivity contribution in [1.82, 2.24) is 4.98 Å². The number of ether oxygens (including phenoxy) is 1. The number of hydrogen-bond donors (Lipinski definition) is 1. The number of nitrogens with zero attached hydrogens (tertiary/aromatic N) is 1. The molecule has 0 aliphatic rings. The molecule has 0 aliphatic heterocycles. The van der Waals surface area contributed by atoms with Crippen LogP contribution in [0.25, 0.3) is 0 Å². The van der Waals surface area contributed by atoms with Gasteiger partial charge in [0.05, 0.1) is 18.8 Å². The maximum Gasteiger partial charge on any atom is 0.137 e. The highest BCUT2D eigenvalue weighted by Gasteiger charge is 2.11. The van der Waals surface area contributed by atoms with Gasteiger partial charge in [0.15, 0.2) is 0 Å². The second-order valence-electron chi connectivity index (χ2n) is 4.84. The molecule has 20 heavy (non-hydrogen) atoms. The minimum Gasteiger partial charge on any atom is -0.492 e. The van der Waals surface area contributed by atoms with Crippen molar-refractivity contribution in [3.05, 3.63) is 58.4 Å². The lowest BCUT2D eigenvalue weighted by Crippen LogP contribution is -2.12. The van der Waals surface area contributed by atoms with Crippen LogP contribution in [0.5, 0.6) is 5.75 Å². The van der Waals surface area contributed by atoms with Gasteiger partial charge < -0.3 is 10.5 Å². The molecule has 0 spiro atoms. The van der Waals surface area contributed by atoms with Crippen LogP contribution in [-0.2, 0) is 0 Å². The van der Waals surface area contributed by atoms with Crippen molar-refractivity contribution < 1.29 is 4.74 Å². The molecule has 106 valence electrons. The van der Waals surface area contributed by atoms with Crippen molar-refractivity contribution in [2.75, 3.05) is 6.61 Å². The summed E-state index contributed by atoms with van der Waals surface area (Å²) in [6.07, 6.45) is 4.43. The van der Waals surface area contributed by atoms with Gasteiger partial charge in [0.25, 0.3) is 0 Å². The highest BCUT2D eigenvalue weighted by Crippen LogP contribution is 2.25. The molecule has 0 radical (unpaired) electrons. The van der Waals surface area contributed by atoms with E-state index in [9.17, 15) is 0 Å². The van der Waals surface area contributed by atoms with E-state index >= 15 is 0 Å². The van der Waals surface area contributed by atoms with E-state index in [1.165, 1.54) is 0 Å². The Morgan fingerprint density at radius 3 is 2.70 bits per heavy atom. The molecule has 1 heterocycles. The summed E-state index contributed by atoms with van der Waals surface area (Å²) in [6.45, 7) is 4.75. The molecule has 1 aromatic carbocycles. The number of benzene rings is 1. The van der Waals surface area contributed by atoms with Crippen molar-refractivity contribution in [2.45, 2.75) is 26.3 Å². The highest BCUT2D eigenvalue weighted by atomic mass is 35.5. The predicted molar refractivity (Wildman–Crippen MR) is 82.2 cm³/mol. The number of halogens is 1. The van der Waals surface area contributed by atoms with Crippen molar-refractivity contribution in [3.63, 3.8) is 0 Å². The average molecular weight is 291 g/mol. The molecule has 0 amide bonds. The molecule has 0 saturated heterocycles. The molecule has 2 rings (SSSR count). The molecule has 0 fully saturated rings. The van der Waals surface area contributed by atoms with Crippen molar-refractivity contribution >= 4 is 11.6 Å². The van der Waals surface area contributed by atoms with E-state index in [-0.39, 0.29) is 6.04 Å². The van der Waals surface area contributed by atoms with Gasteiger partial charge in [0.1, 0.15) is 5.75 Å². The van der Waals surface area contributed by atoms with Crippen LogP contribution in [-0.4, -0.2) is 11.6 Å². The second-order valence-corrected chi connectivity index (χ2v) is 5.28. The van der Waals surface area contributed by atoms with Gasteiger partial charge in [-0.25, -0.2) is 0 Å². The third-order valence-electron chi connectivity index (χ3n) is 2.99. The maximum atomic E-state index is 6.30. The topological polar surface area (TPSA) is 48.1 Å². The van der Waals surface area contributed by atoms with E-state index in [4.69, 9.17) is 22.1 Å². The van der Waals surface area contributed by atoms with E-state index in [0.717, 1.165) is 28.9 Å². The van der Waals surface area contributed by atoms with Crippen LogP contribution in [0.15, 0.2) is 36.7 Å². The summed E-state index contributed by atoms with van der Waals surface area (Å²) in [7, 11) is 0. The first-order valence-electron chi connectivity index (χ1n) is 6.70. The Morgan fingerprint density at radius 2 is 2.00 bits per heavy atom. The first-order chi connectivity index (χ1) is 9.60. The lowest BCUT2D eigenvalue weighted by molar-refractivity contribution is 0.315. The Bertz CT molecular complexity index is 566. The van der Waals surface area contributed by atoms with Gasteiger partial charge in [-0.3, -0.25) is 4.98 Å². The van der Waals surface area contributed by atoms with E-state index in [0.29, 0.717) is 11.6 Å². The number of hydrogen-bond acceptors (Lipinski definition) is 3. The average Bonchev–Trinajstić information content (AvgIpc) is 2.43. The van der Waals surface area contributed by atoms with E-state index in [1.807, 2.05) is 31.2 Å². The van der Waals surface area contributed by atoms with Gasteiger partial charge in [-0.15, -0.1) is 0 Å². The molecule has 3 nitrogen and oxygen atoms in total. The summed E-state index contributed by atoms with van der Waals surface area (Å²) < 4.78 is 5.59. The van der Waals surface area contributed by atoms with Crippen molar-refractivity contribution in [3.8, 4) is 5.75 Å². The maximum absolute atomic E-state index is 6.30. The fourth-order valence-electron chi connectivity index (χ4n) is 2.04. The largest absolute Gasteiger partial charge is 0.492 e. The van der Waals surface area contributed by atoms with Crippen LogP contribution in [0.1, 0.15) is 36.1 Å². The SMILES string of the molecule is CCCOc1cncc(C(N)c2cc(C)cc(Cl)c2)c1. The standard InChI is InChI=1S/C16H19ClN2O/c1-3-4-20-15-8-13(9-19-10-15)16(18)12-5-11(2)6-14(17)7-12/h5-10,16H,3-4,18H2,1-2H3. The normalized spacial score (nSPS) is 12.2. The van der Waals surface area contributed by atoms with Crippen LogP contribution in [0, 0.1) is 6.92 Å². The van der Waals surface area contributed by atoms with Crippen LogP contribution in [0.2, 0.25) is 5.02 Å². The second kappa shape index (κ2) is 6.73. The number of aryl methyl sites for hydroxylation is 1. The van der Waals surface area contributed by atoms with Gasteiger partial charge in [0.2, 0.25) is 0 Å². The van der Waals surface area contributed by atoms with E-state index in [1.54, 1.807) is 12.4 Å². The molecule has 4 heteroatoms. The highest BCUT2D eigenvalue weighted by molar-refractivity contribution is 6.30.